The van der Waals surface area contributed by atoms with Crippen LogP contribution in [0.15, 0.2) is 30.3 Å². The number of hydrogen-bond acceptors (Lipinski definition) is 6. The Balaban J connectivity index is 1.88. The lowest BCUT2D eigenvalue weighted by molar-refractivity contribution is -0.133. The molecule has 2 aliphatic rings. The van der Waals surface area contributed by atoms with Gasteiger partial charge in [-0.2, -0.15) is 0 Å². The molecular formula is C21H22FN3O3. The molecule has 2 N–H and O–H groups in total. The smallest absolute Gasteiger partial charge is 0.311 e. The first-order valence-electron chi connectivity index (χ1n) is 9.20. The van der Waals surface area contributed by atoms with Crippen molar-refractivity contribution in [1.29, 1.82) is 0 Å². The maximum absolute atomic E-state index is 14.6. The zero-order valence-electron chi connectivity index (χ0n) is 16.1. The number of nitrogen functional groups attached to an aromatic ring is 1. The third-order valence-electron chi connectivity index (χ3n) is 5.47. The van der Waals surface area contributed by atoms with Crippen LogP contribution in [0, 0.1) is 5.82 Å². The third-order valence-corrected chi connectivity index (χ3v) is 5.47. The van der Waals surface area contributed by atoms with E-state index < -0.39 is 11.4 Å². The summed E-state index contributed by atoms with van der Waals surface area (Å²) in [5, 5.41) is 0. The molecule has 1 atom stereocenters. The summed E-state index contributed by atoms with van der Waals surface area (Å²) in [6.45, 7) is 2.08. The molecular weight excluding hydrogens is 361 g/mol. The Morgan fingerprint density at radius 2 is 2.04 bits per heavy atom. The number of halogens is 1. The van der Waals surface area contributed by atoms with Gasteiger partial charge in [0.25, 0.3) is 0 Å². The summed E-state index contributed by atoms with van der Waals surface area (Å²) in [5.74, 6) is -0.413. The molecule has 6 nitrogen and oxygen atoms in total. The molecule has 1 aliphatic carbocycles. The number of hydrogen-bond donors (Lipinski definition) is 1. The van der Waals surface area contributed by atoms with Crippen molar-refractivity contribution in [2.24, 2.45) is 0 Å². The number of carbonyl (C=O) groups excluding carboxylic acids is 2. The van der Waals surface area contributed by atoms with Crippen LogP contribution in [0.1, 0.15) is 25.3 Å². The molecule has 1 saturated carbocycles. The summed E-state index contributed by atoms with van der Waals surface area (Å²) in [6.07, 6.45) is 0.590. The Morgan fingerprint density at radius 1 is 1.32 bits per heavy atom. The molecule has 4 rings (SSSR count). The molecule has 2 aromatic carbocycles. The van der Waals surface area contributed by atoms with Gasteiger partial charge in [0.05, 0.1) is 22.5 Å². The number of fused-ring (bicyclic) bond motifs is 2. The van der Waals surface area contributed by atoms with E-state index in [1.807, 2.05) is 4.90 Å². The quantitative estimate of drug-likeness (QED) is 0.497. The molecule has 0 amide bonds. The van der Waals surface area contributed by atoms with Crippen LogP contribution in [0.5, 0.6) is 5.75 Å². The molecule has 0 radical (unpaired) electrons. The Kier molecular flexibility index (Phi) is 4.06. The van der Waals surface area contributed by atoms with Crippen molar-refractivity contribution >= 4 is 34.5 Å². The van der Waals surface area contributed by atoms with Crippen LogP contribution >= 0.6 is 0 Å². The zero-order chi connectivity index (χ0) is 20.2. The van der Waals surface area contributed by atoms with E-state index in [9.17, 15) is 14.0 Å². The van der Waals surface area contributed by atoms with E-state index in [1.54, 1.807) is 50.2 Å². The maximum atomic E-state index is 14.6. The monoisotopic (exact) mass is 383 g/mol. The van der Waals surface area contributed by atoms with Crippen molar-refractivity contribution in [1.82, 2.24) is 0 Å². The predicted molar refractivity (Wildman–Crippen MR) is 106 cm³/mol. The molecule has 7 heteroatoms. The summed E-state index contributed by atoms with van der Waals surface area (Å²) in [6, 6.07) is 8.42. The first kappa shape index (κ1) is 18.3. The predicted octanol–water partition coefficient (Wildman–Crippen LogP) is 3.15. The van der Waals surface area contributed by atoms with Crippen molar-refractivity contribution in [2.45, 2.75) is 25.2 Å². The molecule has 0 unspecified atom stereocenters. The van der Waals surface area contributed by atoms with Crippen molar-refractivity contribution in [2.75, 3.05) is 36.2 Å². The summed E-state index contributed by atoms with van der Waals surface area (Å²) >= 11 is 0. The minimum absolute atomic E-state index is 0.0873. The highest BCUT2D eigenvalue weighted by molar-refractivity contribution is 6.11. The first-order chi connectivity index (χ1) is 13.3. The number of para-hydroxylation sites is 1. The number of ether oxygens (including phenoxy) is 1. The van der Waals surface area contributed by atoms with Gasteiger partial charge in [-0.15, -0.1) is 0 Å². The number of rotatable bonds is 4. The molecule has 0 aromatic heterocycles. The van der Waals surface area contributed by atoms with Gasteiger partial charge >= 0.3 is 5.97 Å². The van der Waals surface area contributed by atoms with Gasteiger partial charge in [0, 0.05) is 39.2 Å². The fourth-order valence-corrected chi connectivity index (χ4v) is 3.83. The molecule has 0 saturated heterocycles. The third kappa shape index (κ3) is 2.61. The van der Waals surface area contributed by atoms with Gasteiger partial charge in [0.2, 0.25) is 0 Å². The summed E-state index contributed by atoms with van der Waals surface area (Å²) in [4.78, 5) is 27.8. The Bertz CT molecular complexity index is 1000. The van der Waals surface area contributed by atoms with Crippen LogP contribution < -0.4 is 20.3 Å². The molecule has 2 aromatic rings. The minimum Gasteiger partial charge on any atom is -0.422 e. The average Bonchev–Trinajstić information content (AvgIpc) is 3.20. The average molecular weight is 383 g/mol. The second-order valence-corrected chi connectivity index (χ2v) is 7.51. The highest BCUT2D eigenvalue weighted by atomic mass is 19.1. The number of nitrogens with zero attached hydrogens (tertiary/aromatic N) is 2. The van der Waals surface area contributed by atoms with Gasteiger partial charge in [0.15, 0.2) is 5.75 Å². The second-order valence-electron chi connectivity index (χ2n) is 7.51. The fraction of sp³-hybridized carbons (Fsp3) is 0.333. The van der Waals surface area contributed by atoms with E-state index >= 15 is 0 Å². The lowest BCUT2D eigenvalue weighted by atomic mass is 9.97. The number of esters is 1. The molecule has 1 aliphatic heterocycles. The molecule has 28 heavy (non-hydrogen) atoms. The van der Waals surface area contributed by atoms with Gasteiger partial charge < -0.3 is 20.3 Å². The molecule has 1 spiro atoms. The SMILES string of the molecule is CCC(=O)Oc1c(N)cccc1N1C[C@]2(CC2=O)c2cc(F)c(N(C)C)cc21. The zero-order valence-corrected chi connectivity index (χ0v) is 16.1. The van der Waals surface area contributed by atoms with E-state index in [2.05, 4.69) is 0 Å². The van der Waals surface area contributed by atoms with E-state index in [0.717, 1.165) is 5.69 Å². The molecule has 1 heterocycles. The lowest BCUT2D eigenvalue weighted by Gasteiger charge is -2.24. The topological polar surface area (TPSA) is 75.9 Å². The largest absolute Gasteiger partial charge is 0.422 e. The lowest BCUT2D eigenvalue weighted by Crippen LogP contribution is -2.22. The first-order valence-corrected chi connectivity index (χ1v) is 9.20. The van der Waals surface area contributed by atoms with Crippen LogP contribution in [0.4, 0.5) is 27.1 Å². The van der Waals surface area contributed by atoms with Crippen molar-refractivity contribution in [3.63, 3.8) is 0 Å². The highest BCUT2D eigenvalue weighted by Gasteiger charge is 2.61. The molecule has 0 bridgehead atoms. The number of carbonyl (C=O) groups is 2. The van der Waals surface area contributed by atoms with Gasteiger partial charge in [-0.1, -0.05) is 13.0 Å². The maximum Gasteiger partial charge on any atom is 0.311 e. The number of anilines is 4. The number of nitrogens with two attached hydrogens (primary N) is 1. The summed E-state index contributed by atoms with van der Waals surface area (Å²) in [5.41, 5.74) is 8.14. The standard InChI is InChI=1S/C21H22FN3O3/c1-4-19(27)28-20-14(23)6-5-7-15(20)25-11-21(10-18(21)26)12-8-13(22)17(24(2)3)9-16(12)25/h5-9H,4,10-11,23H2,1-3H3/t21-/m1/s1. The van der Waals surface area contributed by atoms with Crippen LogP contribution in [-0.2, 0) is 15.0 Å². The number of Topliss-reactive ketones (excluding diaryl/α,β-unsaturated/α-hetero) is 1. The van der Waals surface area contributed by atoms with E-state index in [4.69, 9.17) is 10.5 Å². The van der Waals surface area contributed by atoms with Crippen LogP contribution in [0.25, 0.3) is 0 Å². The van der Waals surface area contributed by atoms with E-state index in [-0.39, 0.29) is 23.8 Å². The normalized spacial score (nSPS) is 19.7. The van der Waals surface area contributed by atoms with E-state index in [1.165, 1.54) is 6.07 Å². The van der Waals surface area contributed by atoms with Crippen LogP contribution in [0.3, 0.4) is 0 Å². The fourth-order valence-electron chi connectivity index (χ4n) is 3.83. The van der Waals surface area contributed by atoms with Gasteiger partial charge in [-0.05, 0) is 29.8 Å². The van der Waals surface area contributed by atoms with Gasteiger partial charge in [0.1, 0.15) is 11.6 Å². The van der Waals surface area contributed by atoms with Crippen molar-refractivity contribution in [3.05, 3.63) is 41.7 Å². The van der Waals surface area contributed by atoms with E-state index in [0.29, 0.717) is 35.6 Å². The van der Waals surface area contributed by atoms with Gasteiger partial charge in [-0.3, -0.25) is 9.59 Å². The Labute approximate surface area is 162 Å². The minimum atomic E-state index is -0.697. The second kappa shape index (κ2) is 6.22. The summed E-state index contributed by atoms with van der Waals surface area (Å²) < 4.78 is 20.1. The van der Waals surface area contributed by atoms with Crippen molar-refractivity contribution in [3.8, 4) is 5.75 Å². The number of ketones is 1. The molecule has 1 fully saturated rings. The molecule has 146 valence electrons. The Morgan fingerprint density at radius 3 is 2.64 bits per heavy atom. The van der Waals surface area contributed by atoms with Crippen molar-refractivity contribution < 1.29 is 18.7 Å². The number of benzene rings is 2. The highest BCUT2D eigenvalue weighted by Crippen LogP contribution is 2.57. The van der Waals surface area contributed by atoms with Crippen LogP contribution in [0.2, 0.25) is 0 Å². The summed E-state index contributed by atoms with van der Waals surface area (Å²) in [7, 11) is 3.52. The van der Waals surface area contributed by atoms with Crippen LogP contribution in [-0.4, -0.2) is 32.4 Å². The Hall–Kier alpha value is -3.09. The van der Waals surface area contributed by atoms with Gasteiger partial charge in [-0.25, -0.2) is 4.39 Å².